The number of furan rings is 1. The van der Waals surface area contributed by atoms with Crippen LogP contribution in [0.2, 0.25) is 0 Å². The minimum Gasteiger partial charge on any atom is -0.463 e. The van der Waals surface area contributed by atoms with Crippen molar-refractivity contribution < 1.29 is 13.7 Å². The quantitative estimate of drug-likeness (QED) is 0.250. The van der Waals surface area contributed by atoms with Gasteiger partial charge < -0.3 is 24.5 Å². The SMILES string of the molecule is Cc1nc(-c2ccc(-c3ccc(NC(=O)c4coc5ccc(N6C[C@@H](C)N[C@@H](C)C6)cc45)cc3)c(C)c2)no1.Cl. The van der Waals surface area contributed by atoms with E-state index in [1.807, 2.05) is 36.4 Å². The van der Waals surface area contributed by atoms with Crippen molar-refractivity contribution in [3.8, 4) is 22.5 Å². The molecule has 0 aliphatic carbocycles. The van der Waals surface area contributed by atoms with Gasteiger partial charge in [0.05, 0.1) is 5.56 Å². The Morgan fingerprint density at radius 1 is 0.975 bits per heavy atom. The number of benzene rings is 3. The molecule has 2 N–H and O–H groups in total. The summed E-state index contributed by atoms with van der Waals surface area (Å²) in [5, 5.41) is 11.4. The predicted octanol–water partition coefficient (Wildman–Crippen LogP) is 6.63. The Morgan fingerprint density at radius 2 is 1.70 bits per heavy atom. The van der Waals surface area contributed by atoms with Crippen LogP contribution < -0.4 is 15.5 Å². The number of aromatic nitrogens is 2. The number of rotatable bonds is 5. The number of anilines is 2. The van der Waals surface area contributed by atoms with Gasteiger partial charge in [-0.3, -0.25) is 4.79 Å². The Morgan fingerprint density at radius 3 is 2.38 bits per heavy atom. The Kier molecular flexibility index (Phi) is 7.65. The molecule has 1 aliphatic rings. The highest BCUT2D eigenvalue weighted by Crippen LogP contribution is 2.30. The fourth-order valence-corrected chi connectivity index (χ4v) is 5.40. The molecule has 5 aromatic rings. The average Bonchev–Trinajstić information content (AvgIpc) is 3.54. The largest absolute Gasteiger partial charge is 0.463 e. The van der Waals surface area contributed by atoms with Gasteiger partial charge in [-0.2, -0.15) is 4.98 Å². The molecule has 206 valence electrons. The van der Waals surface area contributed by atoms with Crippen LogP contribution in [0, 0.1) is 13.8 Å². The number of carbonyl (C=O) groups is 1. The highest BCUT2D eigenvalue weighted by molar-refractivity contribution is 6.12. The summed E-state index contributed by atoms with van der Waals surface area (Å²) < 4.78 is 10.8. The second-order valence-corrected chi connectivity index (χ2v) is 10.4. The topological polar surface area (TPSA) is 96.4 Å². The molecule has 1 aliphatic heterocycles. The van der Waals surface area contributed by atoms with Crippen LogP contribution in [-0.2, 0) is 0 Å². The maximum absolute atomic E-state index is 13.2. The van der Waals surface area contributed by atoms with E-state index in [0.717, 1.165) is 52.1 Å². The van der Waals surface area contributed by atoms with Gasteiger partial charge in [-0.05, 0) is 73.9 Å². The number of aryl methyl sites for hydroxylation is 2. The van der Waals surface area contributed by atoms with E-state index in [1.165, 1.54) is 6.26 Å². The molecule has 40 heavy (non-hydrogen) atoms. The lowest BCUT2D eigenvalue weighted by molar-refractivity contribution is 0.102. The van der Waals surface area contributed by atoms with E-state index in [9.17, 15) is 4.79 Å². The molecular formula is C31H32ClN5O3. The van der Waals surface area contributed by atoms with Crippen molar-refractivity contribution in [2.24, 2.45) is 0 Å². The molecule has 6 rings (SSSR count). The van der Waals surface area contributed by atoms with Crippen LogP contribution in [0.25, 0.3) is 33.5 Å². The minimum atomic E-state index is -0.198. The maximum atomic E-state index is 13.2. The zero-order valence-electron chi connectivity index (χ0n) is 22.9. The molecule has 1 fully saturated rings. The fraction of sp³-hybridized carbons (Fsp3) is 0.258. The van der Waals surface area contributed by atoms with Crippen LogP contribution in [0.3, 0.4) is 0 Å². The van der Waals surface area contributed by atoms with Crippen LogP contribution >= 0.6 is 12.4 Å². The van der Waals surface area contributed by atoms with Crippen molar-refractivity contribution in [1.29, 1.82) is 0 Å². The molecule has 2 aromatic heterocycles. The van der Waals surface area contributed by atoms with Crippen molar-refractivity contribution in [1.82, 2.24) is 15.5 Å². The minimum absolute atomic E-state index is 0. The van der Waals surface area contributed by atoms with E-state index in [0.29, 0.717) is 34.9 Å². The zero-order valence-corrected chi connectivity index (χ0v) is 23.7. The molecule has 9 heteroatoms. The normalized spacial score (nSPS) is 17.1. The average molecular weight is 558 g/mol. The second kappa shape index (κ2) is 11.2. The first-order valence-electron chi connectivity index (χ1n) is 13.2. The van der Waals surface area contributed by atoms with Gasteiger partial charge in [0.1, 0.15) is 11.8 Å². The first-order chi connectivity index (χ1) is 18.8. The van der Waals surface area contributed by atoms with Crippen LogP contribution in [-0.4, -0.2) is 41.2 Å². The monoisotopic (exact) mass is 557 g/mol. The summed E-state index contributed by atoms with van der Waals surface area (Å²) in [6.45, 7) is 10.0. The number of hydrogen-bond donors (Lipinski definition) is 2. The smallest absolute Gasteiger partial charge is 0.259 e. The van der Waals surface area contributed by atoms with Gasteiger partial charge in [-0.25, -0.2) is 0 Å². The van der Waals surface area contributed by atoms with Gasteiger partial charge in [-0.1, -0.05) is 29.4 Å². The van der Waals surface area contributed by atoms with Gasteiger partial charge in [0, 0.05) is 54.4 Å². The first kappa shape index (κ1) is 27.4. The number of amides is 1. The molecule has 0 saturated carbocycles. The summed E-state index contributed by atoms with van der Waals surface area (Å²) in [7, 11) is 0. The van der Waals surface area contributed by atoms with E-state index in [1.54, 1.807) is 6.92 Å². The number of nitrogens with one attached hydrogen (secondary N) is 2. The number of carbonyl (C=O) groups excluding carboxylic acids is 1. The maximum Gasteiger partial charge on any atom is 0.259 e. The number of nitrogens with zero attached hydrogens (tertiary/aromatic N) is 3. The zero-order chi connectivity index (χ0) is 27.1. The molecule has 0 radical (unpaired) electrons. The summed E-state index contributed by atoms with van der Waals surface area (Å²) in [5.74, 6) is 0.921. The molecule has 3 heterocycles. The molecule has 8 nitrogen and oxygen atoms in total. The lowest BCUT2D eigenvalue weighted by Gasteiger charge is -2.37. The van der Waals surface area contributed by atoms with Crippen LogP contribution in [0.15, 0.2) is 75.9 Å². The summed E-state index contributed by atoms with van der Waals surface area (Å²) in [5.41, 5.74) is 7.20. The van der Waals surface area contributed by atoms with Gasteiger partial charge in [0.2, 0.25) is 11.7 Å². The van der Waals surface area contributed by atoms with E-state index in [4.69, 9.17) is 8.94 Å². The Labute approximate surface area is 239 Å². The Bertz CT molecular complexity index is 1650. The number of fused-ring (bicyclic) bond motifs is 1. The van der Waals surface area contributed by atoms with Gasteiger partial charge >= 0.3 is 0 Å². The third-order valence-corrected chi connectivity index (χ3v) is 7.19. The van der Waals surface area contributed by atoms with Gasteiger partial charge in [0.15, 0.2) is 0 Å². The van der Waals surface area contributed by atoms with Crippen molar-refractivity contribution in [3.63, 3.8) is 0 Å². The lowest BCUT2D eigenvalue weighted by Crippen LogP contribution is -2.54. The predicted molar refractivity (Wildman–Crippen MR) is 160 cm³/mol. The van der Waals surface area contributed by atoms with Crippen molar-refractivity contribution in [3.05, 3.63) is 83.9 Å². The van der Waals surface area contributed by atoms with Crippen LogP contribution in [0.1, 0.15) is 35.7 Å². The fourth-order valence-electron chi connectivity index (χ4n) is 5.40. The Hall–Kier alpha value is -4.14. The van der Waals surface area contributed by atoms with E-state index in [-0.39, 0.29) is 18.3 Å². The summed E-state index contributed by atoms with van der Waals surface area (Å²) in [6.07, 6.45) is 1.54. The van der Waals surface area contributed by atoms with Crippen molar-refractivity contribution >= 4 is 40.7 Å². The third kappa shape index (κ3) is 5.46. The molecule has 1 amide bonds. The van der Waals surface area contributed by atoms with Crippen LogP contribution in [0.4, 0.5) is 11.4 Å². The molecule has 0 bridgehead atoms. The molecular weight excluding hydrogens is 526 g/mol. The van der Waals surface area contributed by atoms with Crippen molar-refractivity contribution in [2.75, 3.05) is 23.3 Å². The summed E-state index contributed by atoms with van der Waals surface area (Å²) in [6, 6.07) is 20.8. The summed E-state index contributed by atoms with van der Waals surface area (Å²) in [4.78, 5) is 19.9. The second-order valence-electron chi connectivity index (χ2n) is 10.4. The standard InChI is InChI=1S/C31H31N5O3.ClH/c1-18-13-23(30-33-21(4)39-35-30)7-11-26(18)22-5-8-24(9-6-22)34-31(37)28-17-38-29-12-10-25(14-27(28)29)36-15-19(2)32-20(3)16-36;/h5-14,17,19-20,32H,15-16H2,1-4H3,(H,34,37);1H/t19-,20+;. The highest BCUT2D eigenvalue weighted by atomic mass is 35.5. The lowest BCUT2D eigenvalue weighted by atomic mass is 9.98. The van der Waals surface area contributed by atoms with Crippen LogP contribution in [0.5, 0.6) is 0 Å². The Balaban J connectivity index is 0.00000323. The summed E-state index contributed by atoms with van der Waals surface area (Å²) >= 11 is 0. The molecule has 3 aromatic carbocycles. The van der Waals surface area contributed by atoms with Gasteiger partial charge in [0.25, 0.3) is 5.91 Å². The van der Waals surface area contributed by atoms with E-state index < -0.39 is 0 Å². The first-order valence-corrected chi connectivity index (χ1v) is 13.2. The number of piperazine rings is 1. The highest BCUT2D eigenvalue weighted by Gasteiger charge is 2.22. The van der Waals surface area contributed by atoms with Gasteiger partial charge in [-0.15, -0.1) is 12.4 Å². The van der Waals surface area contributed by atoms with Crippen molar-refractivity contribution in [2.45, 2.75) is 39.8 Å². The molecule has 0 unspecified atom stereocenters. The molecule has 2 atom stereocenters. The molecule has 0 spiro atoms. The third-order valence-electron chi connectivity index (χ3n) is 7.19. The molecule has 1 saturated heterocycles. The van der Waals surface area contributed by atoms with E-state index in [2.05, 4.69) is 70.7 Å². The number of hydrogen-bond acceptors (Lipinski definition) is 7. The number of halogens is 1. The van der Waals surface area contributed by atoms with E-state index >= 15 is 0 Å².